The molecular weight excluding hydrogens is 394 g/mol. The van der Waals surface area contributed by atoms with Gasteiger partial charge in [0, 0.05) is 37.5 Å². The van der Waals surface area contributed by atoms with Crippen LogP contribution >= 0.6 is 0 Å². The van der Waals surface area contributed by atoms with Gasteiger partial charge >= 0.3 is 0 Å². The van der Waals surface area contributed by atoms with Crippen LogP contribution in [0.5, 0.6) is 0 Å². The number of carbonyl (C=O) groups is 2. The van der Waals surface area contributed by atoms with Gasteiger partial charge in [-0.2, -0.15) is 0 Å². The highest BCUT2D eigenvalue weighted by molar-refractivity contribution is 6.74. The van der Waals surface area contributed by atoms with E-state index in [0.717, 1.165) is 11.3 Å². The second-order valence-corrected chi connectivity index (χ2v) is 13.8. The van der Waals surface area contributed by atoms with Gasteiger partial charge in [-0.15, -0.1) is 0 Å². The predicted octanol–water partition coefficient (Wildman–Crippen LogP) is 4.35. The minimum Gasteiger partial charge on any atom is -0.378 e. The van der Waals surface area contributed by atoms with Crippen molar-refractivity contribution in [2.24, 2.45) is 0 Å². The zero-order valence-corrected chi connectivity index (χ0v) is 20.0. The van der Waals surface area contributed by atoms with Gasteiger partial charge < -0.3 is 14.7 Å². The fraction of sp³-hybridized carbons (Fsp3) is 0.391. The zero-order valence-electron chi connectivity index (χ0n) is 19.0. The highest BCUT2D eigenvalue weighted by Crippen LogP contribution is 2.35. The highest BCUT2D eigenvalue weighted by Gasteiger charge is 2.38. The van der Waals surface area contributed by atoms with Crippen molar-refractivity contribution in [2.45, 2.75) is 45.4 Å². The lowest BCUT2D eigenvalue weighted by Crippen LogP contribution is -2.46. The van der Waals surface area contributed by atoms with Crippen LogP contribution in [0.25, 0.3) is 0 Å². The van der Waals surface area contributed by atoms with Crippen molar-refractivity contribution < 1.29 is 14.1 Å². The van der Waals surface area contributed by atoms with Gasteiger partial charge in [0.05, 0.1) is 0 Å². The monoisotopic (exact) mass is 427 g/mol. The normalized spacial score (nSPS) is 11.7. The van der Waals surface area contributed by atoms with E-state index in [-0.39, 0.29) is 16.9 Å². The Labute approximate surface area is 180 Å². The van der Waals surface area contributed by atoms with E-state index in [0.29, 0.717) is 17.7 Å². The number of carbonyl (C=O) groups excluding carboxylic acids is 2. The molecule has 7 heteroatoms. The molecule has 0 fully saturated rings. The Morgan fingerprint density at radius 2 is 1.40 bits per heavy atom. The molecule has 0 heterocycles. The summed E-state index contributed by atoms with van der Waals surface area (Å²) in [5.41, 5.74) is 5.68. The fourth-order valence-electron chi connectivity index (χ4n) is 2.36. The largest absolute Gasteiger partial charge is 0.378 e. The first-order chi connectivity index (χ1) is 13.9. The van der Waals surface area contributed by atoms with Gasteiger partial charge in [-0.05, 0) is 60.1 Å². The minimum atomic E-state index is -2.06. The average molecular weight is 428 g/mol. The maximum atomic E-state index is 12.4. The Kier molecular flexibility index (Phi) is 7.44. The molecule has 0 spiro atoms. The van der Waals surface area contributed by atoms with Crippen molar-refractivity contribution >= 4 is 25.8 Å². The van der Waals surface area contributed by atoms with Crippen LogP contribution in [0.1, 0.15) is 47.1 Å². The molecule has 2 rings (SSSR count). The van der Waals surface area contributed by atoms with Crippen LogP contribution in [0.15, 0.2) is 48.5 Å². The number of hydrogen-bond acceptors (Lipinski definition) is 4. The summed E-state index contributed by atoms with van der Waals surface area (Å²) >= 11 is 0. The van der Waals surface area contributed by atoms with Gasteiger partial charge in [0.25, 0.3) is 11.8 Å². The molecule has 0 aliphatic heterocycles. The summed E-state index contributed by atoms with van der Waals surface area (Å²) in [4.78, 5) is 26.7. The van der Waals surface area contributed by atoms with Crippen LogP contribution in [0.2, 0.25) is 18.1 Å². The van der Waals surface area contributed by atoms with Gasteiger partial charge in [0.2, 0.25) is 8.32 Å². The maximum absolute atomic E-state index is 12.4. The molecule has 30 heavy (non-hydrogen) atoms. The first-order valence-corrected chi connectivity index (χ1v) is 12.9. The van der Waals surface area contributed by atoms with Crippen molar-refractivity contribution in [2.75, 3.05) is 19.0 Å². The summed E-state index contributed by atoms with van der Waals surface area (Å²) in [5.74, 6) is -0.402. The van der Waals surface area contributed by atoms with Crippen molar-refractivity contribution in [3.05, 3.63) is 65.2 Å². The molecule has 0 radical (unpaired) electrons. The van der Waals surface area contributed by atoms with Gasteiger partial charge in [-0.1, -0.05) is 32.9 Å². The summed E-state index contributed by atoms with van der Waals surface area (Å²) in [6, 6.07) is 14.6. The number of nitrogens with zero attached hydrogens (tertiary/aromatic N) is 1. The zero-order chi connectivity index (χ0) is 22.5. The number of amides is 2. The summed E-state index contributed by atoms with van der Waals surface area (Å²) < 4.78 is 5.77. The molecule has 0 aromatic heterocycles. The highest BCUT2D eigenvalue weighted by atomic mass is 28.4. The van der Waals surface area contributed by atoms with Crippen LogP contribution in [0.3, 0.4) is 0 Å². The van der Waals surface area contributed by atoms with Crippen LogP contribution < -0.4 is 15.7 Å². The quantitative estimate of drug-likeness (QED) is 0.509. The summed E-state index contributed by atoms with van der Waals surface area (Å²) in [7, 11) is 1.85. The van der Waals surface area contributed by atoms with Crippen molar-refractivity contribution in [3.63, 3.8) is 0 Å². The van der Waals surface area contributed by atoms with Crippen LogP contribution in [0, 0.1) is 0 Å². The van der Waals surface area contributed by atoms with E-state index in [4.69, 9.17) is 4.53 Å². The molecule has 2 aromatic carbocycles. The SMILES string of the molecule is CN(C)c1ccc(C(=O)NCc2ccc(C(=O)NO[Si](C)(C)C(C)(C)C)cc2)cc1. The third-order valence-electron chi connectivity index (χ3n) is 5.52. The lowest BCUT2D eigenvalue weighted by molar-refractivity contribution is 0.0729. The van der Waals surface area contributed by atoms with E-state index in [1.165, 1.54) is 0 Å². The van der Waals surface area contributed by atoms with E-state index in [1.807, 2.05) is 43.3 Å². The molecule has 0 aliphatic carbocycles. The molecule has 0 saturated heterocycles. The van der Waals surface area contributed by atoms with E-state index < -0.39 is 8.32 Å². The van der Waals surface area contributed by atoms with Gasteiger partial charge in [-0.25, -0.2) is 5.48 Å². The third kappa shape index (κ3) is 6.18. The predicted molar refractivity (Wildman–Crippen MR) is 124 cm³/mol. The molecule has 2 amide bonds. The van der Waals surface area contributed by atoms with Gasteiger partial charge in [0.15, 0.2) is 0 Å². The lowest BCUT2D eigenvalue weighted by Gasteiger charge is -2.35. The number of nitrogens with one attached hydrogen (secondary N) is 2. The standard InChI is InChI=1S/C23H33N3O3Si/c1-23(2,3)30(6,7)29-25-22(28)19-10-8-17(9-11-19)16-24-21(27)18-12-14-20(15-13-18)26(4)5/h8-15H,16H2,1-7H3,(H,24,27)(H,25,28). The number of rotatable bonds is 7. The molecule has 0 unspecified atom stereocenters. The first-order valence-electron chi connectivity index (χ1n) is 10.0. The molecule has 2 aromatic rings. The fourth-order valence-corrected chi connectivity index (χ4v) is 3.01. The molecule has 0 aliphatic rings. The van der Waals surface area contributed by atoms with Crippen LogP contribution in [-0.2, 0) is 11.1 Å². The molecule has 162 valence electrons. The second kappa shape index (κ2) is 9.45. The Bertz CT molecular complexity index is 870. The summed E-state index contributed by atoms with van der Waals surface area (Å²) in [6.45, 7) is 10.9. The van der Waals surface area contributed by atoms with Crippen molar-refractivity contribution in [1.82, 2.24) is 10.8 Å². The van der Waals surface area contributed by atoms with Gasteiger partial charge in [-0.3, -0.25) is 9.59 Å². The Morgan fingerprint density at radius 1 is 0.900 bits per heavy atom. The number of hydrogen-bond donors (Lipinski definition) is 2. The minimum absolute atomic E-state index is 0.00906. The topological polar surface area (TPSA) is 70.7 Å². The summed E-state index contributed by atoms with van der Waals surface area (Å²) in [6.07, 6.45) is 0. The second-order valence-electron chi connectivity index (χ2n) is 9.11. The number of anilines is 1. The molecule has 0 atom stereocenters. The number of hydroxylamine groups is 1. The lowest BCUT2D eigenvalue weighted by atomic mass is 10.1. The van der Waals surface area contributed by atoms with Crippen LogP contribution in [0.4, 0.5) is 5.69 Å². The molecular formula is C23H33N3O3Si. The van der Waals surface area contributed by atoms with E-state index in [9.17, 15) is 9.59 Å². The maximum Gasteiger partial charge on any atom is 0.273 e. The molecule has 0 saturated carbocycles. The van der Waals surface area contributed by atoms with Crippen molar-refractivity contribution in [1.29, 1.82) is 0 Å². The van der Waals surface area contributed by atoms with Crippen LogP contribution in [-0.4, -0.2) is 34.2 Å². The summed E-state index contributed by atoms with van der Waals surface area (Å²) in [5, 5.41) is 2.91. The van der Waals surface area contributed by atoms with E-state index >= 15 is 0 Å². The van der Waals surface area contributed by atoms with E-state index in [1.54, 1.807) is 24.3 Å². The Balaban J connectivity index is 1.89. The Hall–Kier alpha value is -2.64. The Morgan fingerprint density at radius 3 is 1.90 bits per heavy atom. The van der Waals surface area contributed by atoms with Gasteiger partial charge in [0.1, 0.15) is 0 Å². The van der Waals surface area contributed by atoms with E-state index in [2.05, 4.69) is 44.7 Å². The molecule has 2 N–H and O–H groups in total. The van der Waals surface area contributed by atoms with Crippen molar-refractivity contribution in [3.8, 4) is 0 Å². The third-order valence-corrected chi connectivity index (χ3v) is 9.74. The smallest absolute Gasteiger partial charge is 0.273 e. The first kappa shape index (κ1) is 23.6. The average Bonchev–Trinajstić information content (AvgIpc) is 2.70. The number of benzene rings is 2. The molecule has 6 nitrogen and oxygen atoms in total. The molecule has 0 bridgehead atoms.